The molecule has 7 heteroatoms. The Hall–Kier alpha value is -0.820. The van der Waals surface area contributed by atoms with Gasteiger partial charge in [0.05, 0.1) is 13.0 Å². The molecule has 0 radical (unpaired) electrons. The number of ether oxygens (including phenoxy) is 1. The highest BCUT2D eigenvalue weighted by Crippen LogP contribution is 2.31. The van der Waals surface area contributed by atoms with Crippen molar-refractivity contribution in [3.05, 3.63) is 0 Å². The number of rotatable bonds is 6. The lowest BCUT2D eigenvalue weighted by molar-refractivity contribution is -0.222. The van der Waals surface area contributed by atoms with Gasteiger partial charge in [-0.3, -0.25) is 4.79 Å². The summed E-state index contributed by atoms with van der Waals surface area (Å²) in [5, 5.41) is 9.21. The lowest BCUT2D eigenvalue weighted by Crippen LogP contribution is -2.45. The molecule has 0 aromatic rings. The van der Waals surface area contributed by atoms with Crippen LogP contribution >= 0.6 is 0 Å². The molecule has 1 rings (SSSR count). The summed E-state index contributed by atoms with van der Waals surface area (Å²) in [5.74, 6) is -0.510. The van der Waals surface area contributed by atoms with Gasteiger partial charge in [-0.2, -0.15) is 13.2 Å². The monoisotopic (exact) mass is 311 g/mol. The van der Waals surface area contributed by atoms with Crippen molar-refractivity contribution in [1.82, 2.24) is 4.90 Å². The number of carbonyl (C=O) groups is 1. The molecule has 0 spiro atoms. The van der Waals surface area contributed by atoms with Gasteiger partial charge in [-0.1, -0.05) is 13.8 Å². The quantitative estimate of drug-likeness (QED) is 0.765. The normalized spacial score (nSPS) is 19.1. The number of amides is 1. The number of nitrogens with zero attached hydrogens (tertiary/aromatic N) is 1. The lowest BCUT2D eigenvalue weighted by Gasteiger charge is -2.34. The Kier molecular flexibility index (Phi) is 6.93. The van der Waals surface area contributed by atoms with Crippen LogP contribution in [0.5, 0.6) is 0 Å². The molecule has 0 aliphatic carbocycles. The summed E-state index contributed by atoms with van der Waals surface area (Å²) in [5.41, 5.74) is 0. The second-order valence-electron chi connectivity index (χ2n) is 5.92. The van der Waals surface area contributed by atoms with Crippen molar-refractivity contribution in [2.45, 2.75) is 45.4 Å². The van der Waals surface area contributed by atoms with E-state index in [4.69, 9.17) is 4.74 Å². The van der Waals surface area contributed by atoms with E-state index in [2.05, 4.69) is 0 Å². The summed E-state index contributed by atoms with van der Waals surface area (Å²) < 4.78 is 42.6. The van der Waals surface area contributed by atoms with E-state index in [-0.39, 0.29) is 38.3 Å². The Morgan fingerprint density at radius 3 is 2.38 bits per heavy atom. The number of likely N-dealkylation sites (tertiary alicyclic amines) is 1. The maximum atomic E-state index is 12.4. The van der Waals surface area contributed by atoms with Crippen LogP contribution < -0.4 is 0 Å². The first-order valence-corrected chi connectivity index (χ1v) is 7.32. The van der Waals surface area contributed by atoms with Crippen LogP contribution in [0.25, 0.3) is 0 Å². The van der Waals surface area contributed by atoms with Gasteiger partial charge < -0.3 is 14.7 Å². The van der Waals surface area contributed by atoms with E-state index in [0.29, 0.717) is 19.1 Å². The van der Waals surface area contributed by atoms with Gasteiger partial charge >= 0.3 is 6.18 Å². The summed E-state index contributed by atoms with van der Waals surface area (Å²) in [6.45, 7) is 5.48. The number of hydrogen-bond donors (Lipinski definition) is 1. The first kappa shape index (κ1) is 18.2. The van der Waals surface area contributed by atoms with E-state index in [1.807, 2.05) is 13.8 Å². The molecule has 1 heterocycles. The van der Waals surface area contributed by atoms with Crippen molar-refractivity contribution in [3.63, 3.8) is 0 Å². The Morgan fingerprint density at radius 2 is 1.90 bits per heavy atom. The maximum Gasteiger partial charge on any atom is 0.414 e. The zero-order valence-corrected chi connectivity index (χ0v) is 12.5. The number of aliphatic hydroxyl groups is 1. The number of alkyl halides is 3. The van der Waals surface area contributed by atoms with E-state index in [9.17, 15) is 23.1 Å². The maximum absolute atomic E-state index is 12.4. The second kappa shape index (κ2) is 7.98. The fourth-order valence-corrected chi connectivity index (χ4v) is 2.37. The third kappa shape index (κ3) is 6.22. The van der Waals surface area contributed by atoms with Gasteiger partial charge in [-0.05, 0) is 24.7 Å². The number of carbonyl (C=O) groups excluding carboxylic acids is 1. The third-order valence-corrected chi connectivity index (χ3v) is 3.59. The summed E-state index contributed by atoms with van der Waals surface area (Å²) in [6.07, 6.45) is -6.26. The Labute approximate surface area is 123 Å². The van der Waals surface area contributed by atoms with E-state index >= 15 is 0 Å². The minimum absolute atomic E-state index is 0.0984. The molecular formula is C14H24F3NO3. The minimum Gasteiger partial charge on any atom is -0.383 e. The molecule has 1 atom stereocenters. The summed E-state index contributed by atoms with van der Waals surface area (Å²) in [6, 6.07) is 0. The molecule has 1 saturated heterocycles. The highest BCUT2D eigenvalue weighted by Gasteiger charge is 2.44. The van der Waals surface area contributed by atoms with Gasteiger partial charge in [-0.15, -0.1) is 0 Å². The molecule has 1 unspecified atom stereocenters. The standard InChI is InChI=1S/C14H24F3NO3/c1-10(2)9-21-8-5-12(19)18-6-3-11(4-7-18)13(20)14(15,16)17/h10-11,13,20H,3-9H2,1-2H3. The van der Waals surface area contributed by atoms with Crippen LogP contribution in [0.2, 0.25) is 0 Å². The number of hydrogen-bond acceptors (Lipinski definition) is 3. The third-order valence-electron chi connectivity index (χ3n) is 3.59. The first-order chi connectivity index (χ1) is 9.71. The molecule has 1 aliphatic rings. The van der Waals surface area contributed by atoms with Crippen LogP contribution in [0.4, 0.5) is 13.2 Å². The molecule has 21 heavy (non-hydrogen) atoms. The highest BCUT2D eigenvalue weighted by molar-refractivity contribution is 5.76. The van der Waals surface area contributed by atoms with Gasteiger partial charge in [0.25, 0.3) is 0 Å². The van der Waals surface area contributed by atoms with Crippen LogP contribution in [0.1, 0.15) is 33.1 Å². The fraction of sp³-hybridized carbons (Fsp3) is 0.929. The van der Waals surface area contributed by atoms with Gasteiger partial charge in [0.15, 0.2) is 6.10 Å². The largest absolute Gasteiger partial charge is 0.414 e. The van der Waals surface area contributed by atoms with Crippen LogP contribution in [0.3, 0.4) is 0 Å². The molecule has 0 bridgehead atoms. The molecule has 0 aromatic carbocycles. The molecule has 1 N–H and O–H groups in total. The van der Waals surface area contributed by atoms with Crippen LogP contribution in [0, 0.1) is 11.8 Å². The highest BCUT2D eigenvalue weighted by atomic mass is 19.4. The van der Waals surface area contributed by atoms with Crippen molar-refractivity contribution < 1.29 is 27.8 Å². The number of halogens is 3. The molecule has 0 saturated carbocycles. The molecule has 1 fully saturated rings. The number of aliphatic hydroxyl groups excluding tert-OH is 1. The van der Waals surface area contributed by atoms with Gasteiger partial charge in [0.1, 0.15) is 0 Å². The number of piperidine rings is 1. The molecule has 1 amide bonds. The van der Waals surface area contributed by atoms with Gasteiger partial charge in [0.2, 0.25) is 5.91 Å². The Balaban J connectivity index is 2.27. The van der Waals surface area contributed by atoms with Crippen molar-refractivity contribution in [1.29, 1.82) is 0 Å². The molecule has 4 nitrogen and oxygen atoms in total. The molecule has 0 aromatic heterocycles. The smallest absolute Gasteiger partial charge is 0.383 e. The van der Waals surface area contributed by atoms with Gasteiger partial charge in [0, 0.05) is 19.7 Å². The predicted octanol–water partition coefficient (Wildman–Crippen LogP) is 2.21. The molecular weight excluding hydrogens is 287 g/mol. The summed E-state index contributed by atoms with van der Waals surface area (Å²) in [4.78, 5) is 13.4. The predicted molar refractivity (Wildman–Crippen MR) is 71.6 cm³/mol. The van der Waals surface area contributed by atoms with E-state index in [0.717, 1.165) is 0 Å². The van der Waals surface area contributed by atoms with Crippen molar-refractivity contribution in [2.75, 3.05) is 26.3 Å². The molecule has 124 valence electrons. The second-order valence-corrected chi connectivity index (χ2v) is 5.92. The van der Waals surface area contributed by atoms with Crippen molar-refractivity contribution in [3.8, 4) is 0 Å². The van der Waals surface area contributed by atoms with Crippen LogP contribution in [-0.4, -0.2) is 54.5 Å². The fourth-order valence-electron chi connectivity index (χ4n) is 2.37. The van der Waals surface area contributed by atoms with Crippen molar-refractivity contribution >= 4 is 5.91 Å². The minimum atomic E-state index is -4.58. The SMILES string of the molecule is CC(C)COCCC(=O)N1CCC(C(O)C(F)(F)F)CC1. The van der Waals surface area contributed by atoms with E-state index in [1.54, 1.807) is 4.90 Å². The molecule has 1 aliphatic heterocycles. The Bertz CT molecular complexity index is 326. The average Bonchev–Trinajstić information content (AvgIpc) is 2.41. The zero-order chi connectivity index (χ0) is 16.0. The van der Waals surface area contributed by atoms with Crippen LogP contribution in [-0.2, 0) is 9.53 Å². The first-order valence-electron chi connectivity index (χ1n) is 7.32. The van der Waals surface area contributed by atoms with E-state index in [1.165, 1.54) is 0 Å². The lowest BCUT2D eigenvalue weighted by atomic mass is 9.91. The van der Waals surface area contributed by atoms with Crippen molar-refractivity contribution in [2.24, 2.45) is 11.8 Å². The average molecular weight is 311 g/mol. The van der Waals surface area contributed by atoms with Gasteiger partial charge in [-0.25, -0.2) is 0 Å². The van der Waals surface area contributed by atoms with E-state index < -0.39 is 18.2 Å². The van der Waals surface area contributed by atoms with Crippen LogP contribution in [0.15, 0.2) is 0 Å². The Morgan fingerprint density at radius 1 is 1.33 bits per heavy atom. The summed E-state index contributed by atoms with van der Waals surface area (Å²) in [7, 11) is 0. The summed E-state index contributed by atoms with van der Waals surface area (Å²) >= 11 is 0. The zero-order valence-electron chi connectivity index (χ0n) is 12.5. The topological polar surface area (TPSA) is 49.8 Å².